The van der Waals surface area contributed by atoms with Crippen LogP contribution in [0.2, 0.25) is 0 Å². The summed E-state index contributed by atoms with van der Waals surface area (Å²) >= 11 is 0. The predicted molar refractivity (Wildman–Crippen MR) is 71.8 cm³/mol. The molecule has 0 fully saturated rings. The van der Waals surface area contributed by atoms with E-state index >= 15 is 0 Å². The third-order valence-corrected chi connectivity index (χ3v) is 4.93. The van der Waals surface area contributed by atoms with Crippen molar-refractivity contribution in [3.8, 4) is 0 Å². The van der Waals surface area contributed by atoms with Gasteiger partial charge in [-0.3, -0.25) is 0 Å². The fourth-order valence-electron chi connectivity index (χ4n) is 1.64. The summed E-state index contributed by atoms with van der Waals surface area (Å²) in [6.07, 6.45) is 2.01. The minimum atomic E-state index is -3.35. The molecular formula is C14H18O2S. The van der Waals surface area contributed by atoms with Gasteiger partial charge in [0, 0.05) is 0 Å². The van der Waals surface area contributed by atoms with Gasteiger partial charge in [-0.05, 0) is 32.4 Å². The van der Waals surface area contributed by atoms with Crippen molar-refractivity contribution >= 4 is 9.84 Å². The van der Waals surface area contributed by atoms with Crippen LogP contribution in [0.15, 0.2) is 54.0 Å². The molecule has 0 aromatic heterocycles. The summed E-state index contributed by atoms with van der Waals surface area (Å²) in [5.74, 6) is 0. The van der Waals surface area contributed by atoms with Crippen LogP contribution in [0.5, 0.6) is 0 Å². The summed E-state index contributed by atoms with van der Waals surface area (Å²) in [5.41, 5.74) is 1.69. The normalized spacial score (nSPS) is 13.1. The van der Waals surface area contributed by atoms with E-state index in [2.05, 4.69) is 13.2 Å². The van der Waals surface area contributed by atoms with Crippen LogP contribution in [0.4, 0.5) is 0 Å². The molecule has 0 aliphatic rings. The van der Waals surface area contributed by atoms with E-state index < -0.39 is 15.1 Å². The largest absolute Gasteiger partial charge is 0.223 e. The summed E-state index contributed by atoms with van der Waals surface area (Å²) in [7, 11) is -3.35. The first kappa shape index (κ1) is 13.7. The standard InChI is InChI=1S/C14H18O2S/c1-5-6-14(11(2)3)17(15,16)13-9-7-12(4)8-10-13/h5,7-10,14H,1-2,6H2,3-4H3/t14-/m1/s1. The zero-order valence-electron chi connectivity index (χ0n) is 10.3. The van der Waals surface area contributed by atoms with Crippen molar-refractivity contribution < 1.29 is 8.42 Å². The van der Waals surface area contributed by atoms with Crippen LogP contribution in [-0.2, 0) is 9.84 Å². The molecule has 0 saturated carbocycles. The number of sulfone groups is 1. The van der Waals surface area contributed by atoms with Gasteiger partial charge < -0.3 is 0 Å². The van der Waals surface area contributed by atoms with Gasteiger partial charge in [0.25, 0.3) is 0 Å². The highest BCUT2D eigenvalue weighted by Gasteiger charge is 2.26. The monoisotopic (exact) mass is 250 g/mol. The van der Waals surface area contributed by atoms with Crippen molar-refractivity contribution in [2.24, 2.45) is 0 Å². The van der Waals surface area contributed by atoms with E-state index in [0.29, 0.717) is 16.9 Å². The Morgan fingerprint density at radius 2 is 1.88 bits per heavy atom. The lowest BCUT2D eigenvalue weighted by Gasteiger charge is -2.16. The fraction of sp³-hybridized carbons (Fsp3) is 0.286. The molecule has 1 rings (SSSR count). The number of hydrogen-bond donors (Lipinski definition) is 0. The van der Waals surface area contributed by atoms with Gasteiger partial charge in [0.2, 0.25) is 0 Å². The van der Waals surface area contributed by atoms with Gasteiger partial charge in [0.15, 0.2) is 9.84 Å². The van der Waals surface area contributed by atoms with Crippen molar-refractivity contribution in [1.82, 2.24) is 0 Å². The molecular weight excluding hydrogens is 232 g/mol. The van der Waals surface area contributed by atoms with Crippen LogP contribution in [-0.4, -0.2) is 13.7 Å². The second-order valence-corrected chi connectivity index (χ2v) is 6.35. The van der Waals surface area contributed by atoms with Gasteiger partial charge in [-0.25, -0.2) is 8.42 Å². The number of allylic oxidation sites excluding steroid dienone is 1. The van der Waals surface area contributed by atoms with Crippen LogP contribution >= 0.6 is 0 Å². The Kier molecular flexibility index (Phi) is 4.29. The molecule has 1 atom stereocenters. The molecule has 0 radical (unpaired) electrons. The molecule has 0 N–H and O–H groups in total. The summed E-state index contributed by atoms with van der Waals surface area (Å²) in [4.78, 5) is 0.345. The maximum atomic E-state index is 12.4. The van der Waals surface area contributed by atoms with Crippen LogP contribution < -0.4 is 0 Å². The van der Waals surface area contributed by atoms with Gasteiger partial charge in [0.1, 0.15) is 0 Å². The van der Waals surface area contributed by atoms with Gasteiger partial charge >= 0.3 is 0 Å². The first-order chi connectivity index (χ1) is 7.89. The van der Waals surface area contributed by atoms with E-state index in [-0.39, 0.29) is 0 Å². The Balaban J connectivity index is 3.20. The maximum Gasteiger partial charge on any atom is 0.185 e. The van der Waals surface area contributed by atoms with Crippen LogP contribution in [0.3, 0.4) is 0 Å². The molecule has 0 heterocycles. The molecule has 0 aliphatic carbocycles. The van der Waals surface area contributed by atoms with Crippen LogP contribution in [0, 0.1) is 6.92 Å². The SMILES string of the molecule is C=CC[C@H](C(=C)C)S(=O)(=O)c1ccc(C)cc1. The summed E-state index contributed by atoms with van der Waals surface area (Å²) in [6.45, 7) is 11.0. The minimum absolute atomic E-state index is 0.345. The molecule has 0 aliphatic heterocycles. The Labute approximate surface area is 104 Å². The van der Waals surface area contributed by atoms with Crippen molar-refractivity contribution in [1.29, 1.82) is 0 Å². The van der Waals surface area contributed by atoms with Gasteiger partial charge in [-0.1, -0.05) is 35.9 Å². The zero-order chi connectivity index (χ0) is 13.1. The third kappa shape index (κ3) is 3.07. The summed E-state index contributed by atoms with van der Waals surface area (Å²) in [5, 5.41) is -0.581. The summed E-state index contributed by atoms with van der Waals surface area (Å²) < 4.78 is 24.7. The Morgan fingerprint density at radius 1 is 1.35 bits per heavy atom. The topological polar surface area (TPSA) is 34.1 Å². The number of aryl methyl sites for hydroxylation is 1. The molecule has 3 heteroatoms. The molecule has 92 valence electrons. The lowest BCUT2D eigenvalue weighted by Crippen LogP contribution is -2.21. The Hall–Kier alpha value is -1.35. The highest BCUT2D eigenvalue weighted by Crippen LogP contribution is 2.23. The van der Waals surface area contributed by atoms with E-state index in [4.69, 9.17) is 0 Å². The number of benzene rings is 1. The first-order valence-electron chi connectivity index (χ1n) is 5.46. The van der Waals surface area contributed by atoms with Gasteiger partial charge in [-0.15, -0.1) is 6.58 Å². The molecule has 0 spiro atoms. The first-order valence-corrected chi connectivity index (χ1v) is 7.01. The van der Waals surface area contributed by atoms with Gasteiger partial charge in [-0.2, -0.15) is 0 Å². The van der Waals surface area contributed by atoms with Crippen LogP contribution in [0.1, 0.15) is 18.9 Å². The zero-order valence-corrected chi connectivity index (χ0v) is 11.1. The molecule has 1 aromatic carbocycles. The molecule has 0 unspecified atom stereocenters. The smallest absolute Gasteiger partial charge is 0.185 e. The van der Waals surface area contributed by atoms with E-state index in [1.807, 2.05) is 6.92 Å². The van der Waals surface area contributed by atoms with Crippen molar-refractivity contribution in [3.05, 3.63) is 54.6 Å². The molecule has 17 heavy (non-hydrogen) atoms. The molecule has 0 bridgehead atoms. The predicted octanol–water partition coefficient (Wildman–Crippen LogP) is 3.29. The van der Waals surface area contributed by atoms with Crippen molar-refractivity contribution in [3.63, 3.8) is 0 Å². The molecule has 0 saturated heterocycles. The Bertz CT molecular complexity index is 510. The lowest BCUT2D eigenvalue weighted by atomic mass is 10.2. The summed E-state index contributed by atoms with van der Waals surface area (Å²) in [6, 6.07) is 6.89. The minimum Gasteiger partial charge on any atom is -0.223 e. The van der Waals surface area contributed by atoms with Crippen molar-refractivity contribution in [2.45, 2.75) is 30.4 Å². The van der Waals surface area contributed by atoms with Gasteiger partial charge in [0.05, 0.1) is 10.1 Å². The number of rotatable bonds is 5. The highest BCUT2D eigenvalue weighted by atomic mass is 32.2. The van der Waals surface area contributed by atoms with E-state index in [9.17, 15) is 8.42 Å². The van der Waals surface area contributed by atoms with E-state index in [1.54, 1.807) is 37.3 Å². The fourth-order valence-corrected chi connectivity index (χ4v) is 3.40. The average molecular weight is 250 g/mol. The highest BCUT2D eigenvalue weighted by molar-refractivity contribution is 7.92. The quantitative estimate of drug-likeness (QED) is 0.751. The molecule has 1 aromatic rings. The number of hydrogen-bond acceptors (Lipinski definition) is 2. The lowest BCUT2D eigenvalue weighted by molar-refractivity contribution is 0.586. The molecule has 2 nitrogen and oxygen atoms in total. The van der Waals surface area contributed by atoms with E-state index in [1.165, 1.54) is 0 Å². The second kappa shape index (κ2) is 5.32. The molecule has 0 amide bonds. The van der Waals surface area contributed by atoms with Crippen molar-refractivity contribution in [2.75, 3.05) is 0 Å². The Morgan fingerprint density at radius 3 is 2.29 bits per heavy atom. The maximum absolute atomic E-state index is 12.4. The average Bonchev–Trinajstić information content (AvgIpc) is 2.25. The third-order valence-electron chi connectivity index (χ3n) is 2.65. The van der Waals surface area contributed by atoms with E-state index in [0.717, 1.165) is 5.56 Å². The second-order valence-electron chi connectivity index (χ2n) is 4.22. The van der Waals surface area contributed by atoms with Crippen LogP contribution in [0.25, 0.3) is 0 Å².